The number of benzene rings is 1. The van der Waals surface area contributed by atoms with Gasteiger partial charge in [0.25, 0.3) is 5.91 Å². The Morgan fingerprint density at radius 2 is 1.78 bits per heavy atom. The minimum absolute atomic E-state index is 0.0280. The minimum Gasteiger partial charge on any atom is -0.359 e. The fraction of sp³-hybridized carbons (Fsp3) is 0.455. The lowest BCUT2D eigenvalue weighted by Crippen LogP contribution is -2.49. The summed E-state index contributed by atoms with van der Waals surface area (Å²) in [6.45, 7) is 2.66. The summed E-state index contributed by atoms with van der Waals surface area (Å²) in [6.07, 6.45) is -0.963. The Bertz CT molecular complexity index is 970. The first-order chi connectivity index (χ1) is 15.3. The summed E-state index contributed by atoms with van der Waals surface area (Å²) < 4.78 is 40.0. The summed E-state index contributed by atoms with van der Waals surface area (Å²) in [5.74, 6) is 1.14. The van der Waals surface area contributed by atoms with Crippen molar-refractivity contribution in [2.45, 2.75) is 25.4 Å². The van der Waals surface area contributed by atoms with E-state index in [4.69, 9.17) is 12.2 Å². The Morgan fingerprint density at radius 3 is 2.41 bits per heavy atom. The molecule has 0 bridgehead atoms. The van der Waals surface area contributed by atoms with Gasteiger partial charge in [0.1, 0.15) is 4.99 Å². The number of alkyl halides is 3. The number of halogens is 3. The van der Waals surface area contributed by atoms with Crippen molar-refractivity contribution in [1.29, 1.82) is 0 Å². The van der Waals surface area contributed by atoms with E-state index in [2.05, 4.69) is 15.5 Å². The molecule has 2 aromatic rings. The number of anilines is 1. The smallest absolute Gasteiger partial charge is 0.359 e. The van der Waals surface area contributed by atoms with Crippen LogP contribution in [0, 0.1) is 5.92 Å². The molecule has 1 aromatic heterocycles. The van der Waals surface area contributed by atoms with Crippen molar-refractivity contribution >= 4 is 28.9 Å². The van der Waals surface area contributed by atoms with Crippen molar-refractivity contribution in [2.24, 2.45) is 5.92 Å². The molecule has 2 heterocycles. The number of hydrogen-bond acceptors (Lipinski definition) is 5. The van der Waals surface area contributed by atoms with Crippen LogP contribution in [-0.4, -0.2) is 58.7 Å². The van der Waals surface area contributed by atoms with Crippen LogP contribution in [0.1, 0.15) is 40.9 Å². The molecular formula is C22H24F3N5OS. The maximum atomic E-state index is 13.3. The lowest BCUT2D eigenvalue weighted by Gasteiger charge is -2.37. The molecule has 1 aliphatic carbocycles. The molecule has 2 fully saturated rings. The molecule has 0 spiro atoms. The zero-order chi connectivity index (χ0) is 22.7. The van der Waals surface area contributed by atoms with Gasteiger partial charge in [0, 0.05) is 38.3 Å². The van der Waals surface area contributed by atoms with E-state index in [9.17, 15) is 18.0 Å². The third-order valence-electron chi connectivity index (χ3n) is 5.77. The van der Waals surface area contributed by atoms with Crippen molar-refractivity contribution in [3.63, 3.8) is 0 Å². The number of aromatic nitrogens is 2. The predicted octanol–water partition coefficient (Wildman–Crippen LogP) is 3.52. The molecule has 0 unspecified atom stereocenters. The van der Waals surface area contributed by atoms with E-state index in [1.165, 1.54) is 25.0 Å². The molecule has 1 aliphatic heterocycles. The van der Waals surface area contributed by atoms with Gasteiger partial charge in [0.15, 0.2) is 11.5 Å². The van der Waals surface area contributed by atoms with Crippen molar-refractivity contribution in [3.8, 4) is 0 Å². The monoisotopic (exact) mass is 463 g/mol. The van der Waals surface area contributed by atoms with Crippen molar-refractivity contribution in [2.75, 3.05) is 37.6 Å². The topological polar surface area (TPSA) is 61.4 Å². The molecule has 6 nitrogen and oxygen atoms in total. The van der Waals surface area contributed by atoms with E-state index in [1.54, 1.807) is 23.1 Å². The second-order valence-corrected chi connectivity index (χ2v) is 8.47. The van der Waals surface area contributed by atoms with Gasteiger partial charge in [-0.25, -0.2) is 0 Å². The third-order valence-corrected chi connectivity index (χ3v) is 6.25. The van der Waals surface area contributed by atoms with Crippen LogP contribution in [0.25, 0.3) is 0 Å². The number of rotatable bonds is 6. The van der Waals surface area contributed by atoms with Gasteiger partial charge in [-0.1, -0.05) is 43.3 Å². The average Bonchev–Trinajstić information content (AvgIpc) is 3.63. The number of thiocarbonyl (C=S) groups is 1. The van der Waals surface area contributed by atoms with E-state index in [-0.39, 0.29) is 22.2 Å². The maximum Gasteiger partial charge on any atom is 0.417 e. The van der Waals surface area contributed by atoms with Gasteiger partial charge in [-0.3, -0.25) is 4.79 Å². The van der Waals surface area contributed by atoms with Gasteiger partial charge < -0.3 is 15.1 Å². The highest BCUT2D eigenvalue weighted by atomic mass is 32.1. The molecule has 10 heteroatoms. The van der Waals surface area contributed by atoms with Gasteiger partial charge in [0.05, 0.1) is 5.56 Å². The predicted molar refractivity (Wildman–Crippen MR) is 119 cm³/mol. The lowest BCUT2D eigenvalue weighted by molar-refractivity contribution is -0.137. The number of piperazine rings is 1. The Balaban J connectivity index is 1.32. The minimum atomic E-state index is -4.45. The summed E-state index contributed by atoms with van der Waals surface area (Å²) in [7, 11) is 0. The Kier molecular flexibility index (Phi) is 6.59. The first-order valence-electron chi connectivity index (χ1n) is 10.7. The number of carbonyl (C=O) groups excluding carboxylic acids is 1. The van der Waals surface area contributed by atoms with E-state index >= 15 is 0 Å². The first kappa shape index (κ1) is 22.4. The molecule has 1 N–H and O–H groups in total. The quantitative estimate of drug-likeness (QED) is 0.662. The zero-order valence-electron chi connectivity index (χ0n) is 17.4. The molecule has 1 amide bonds. The van der Waals surface area contributed by atoms with Gasteiger partial charge in [-0.2, -0.15) is 13.2 Å². The van der Waals surface area contributed by atoms with Gasteiger partial charge >= 0.3 is 6.18 Å². The summed E-state index contributed by atoms with van der Waals surface area (Å²) in [4.78, 5) is 16.1. The Labute approximate surface area is 189 Å². The van der Waals surface area contributed by atoms with Crippen LogP contribution in [0.5, 0.6) is 0 Å². The van der Waals surface area contributed by atoms with Crippen LogP contribution in [0.3, 0.4) is 0 Å². The summed E-state index contributed by atoms with van der Waals surface area (Å²) in [5, 5.41) is 11.1. The number of hydrogen-bond donors (Lipinski definition) is 1. The molecule has 0 atom stereocenters. The lowest BCUT2D eigenvalue weighted by atomic mass is 10.1. The van der Waals surface area contributed by atoms with Crippen molar-refractivity contribution in [3.05, 3.63) is 53.2 Å². The molecule has 32 heavy (non-hydrogen) atoms. The van der Waals surface area contributed by atoms with Crippen LogP contribution in [0.2, 0.25) is 0 Å². The molecule has 1 aromatic carbocycles. The first-order valence-corrected chi connectivity index (χ1v) is 11.1. The number of nitrogens with one attached hydrogen (secondary N) is 1. The normalized spacial score (nSPS) is 16.7. The van der Waals surface area contributed by atoms with Crippen molar-refractivity contribution in [1.82, 2.24) is 20.4 Å². The highest BCUT2D eigenvalue weighted by Gasteiger charge is 2.35. The van der Waals surface area contributed by atoms with Crippen LogP contribution < -0.4 is 10.2 Å². The van der Waals surface area contributed by atoms with Gasteiger partial charge in [0.2, 0.25) is 0 Å². The Hall–Kier alpha value is -2.75. The number of carbonyl (C=O) groups is 1. The van der Waals surface area contributed by atoms with Gasteiger partial charge in [-0.05, 0) is 30.5 Å². The number of nitrogens with zero attached hydrogens (tertiary/aromatic N) is 4. The van der Waals surface area contributed by atoms with E-state index < -0.39 is 11.7 Å². The van der Waals surface area contributed by atoms with Gasteiger partial charge in [-0.15, -0.1) is 10.2 Å². The van der Waals surface area contributed by atoms with E-state index in [0.29, 0.717) is 38.5 Å². The highest BCUT2D eigenvalue weighted by molar-refractivity contribution is 7.80. The van der Waals surface area contributed by atoms with Crippen LogP contribution in [-0.2, 0) is 6.18 Å². The average molecular weight is 464 g/mol. The molecule has 1 saturated carbocycles. The van der Waals surface area contributed by atoms with E-state index in [1.807, 2.05) is 4.90 Å². The summed E-state index contributed by atoms with van der Waals surface area (Å²) >= 11 is 5.39. The van der Waals surface area contributed by atoms with Crippen molar-refractivity contribution < 1.29 is 18.0 Å². The largest absolute Gasteiger partial charge is 0.417 e. The van der Waals surface area contributed by atoms with Crippen LogP contribution in [0.15, 0.2) is 36.4 Å². The molecule has 170 valence electrons. The highest BCUT2D eigenvalue weighted by Crippen LogP contribution is 2.33. The second-order valence-electron chi connectivity index (χ2n) is 8.09. The maximum absolute atomic E-state index is 13.3. The standard InChI is InChI=1S/C22H24F3N5OS/c23-22(24,25)17-4-2-1-3-16(17)21(32)30-13-11-29(12-14-30)19-8-7-18(27-28-19)20(31)26-10-9-15-5-6-15/h1-4,7-8,15H,5-6,9-14H2,(H,26,31). The molecule has 0 radical (unpaired) electrons. The SMILES string of the molecule is O=C(NCCC1CC1)c1ccc(N2CCN(C(=S)c3ccccc3C(F)(F)F)CC2)nn1. The zero-order valence-corrected chi connectivity index (χ0v) is 18.3. The number of amides is 1. The van der Waals surface area contributed by atoms with Crippen LogP contribution >= 0.6 is 12.2 Å². The fourth-order valence-corrected chi connectivity index (χ4v) is 4.09. The van der Waals surface area contributed by atoms with Crippen LogP contribution in [0.4, 0.5) is 19.0 Å². The fourth-order valence-electron chi connectivity index (χ4n) is 3.73. The summed E-state index contributed by atoms with van der Waals surface area (Å²) in [6, 6.07) is 8.78. The third kappa shape index (κ3) is 5.35. The molecule has 4 rings (SSSR count). The summed E-state index contributed by atoms with van der Waals surface area (Å²) in [5.41, 5.74) is -0.419. The Morgan fingerprint density at radius 1 is 1.06 bits per heavy atom. The molecular weight excluding hydrogens is 439 g/mol. The molecule has 1 saturated heterocycles. The second kappa shape index (κ2) is 9.40. The molecule has 2 aliphatic rings. The van der Waals surface area contributed by atoms with E-state index in [0.717, 1.165) is 18.4 Å².